The van der Waals surface area contributed by atoms with Crippen LogP contribution in [-0.4, -0.2) is 38.1 Å². The van der Waals surface area contributed by atoms with E-state index in [1.54, 1.807) is 6.92 Å². The van der Waals surface area contributed by atoms with Gasteiger partial charge in [-0.25, -0.2) is 0 Å². The van der Waals surface area contributed by atoms with E-state index in [4.69, 9.17) is 19.9 Å². The summed E-state index contributed by atoms with van der Waals surface area (Å²) in [6.45, 7) is 7.07. The quantitative estimate of drug-likeness (QED) is 0.476. The van der Waals surface area contributed by atoms with Crippen molar-refractivity contribution in [3.63, 3.8) is 0 Å². The third kappa shape index (κ3) is 7.62. The van der Waals surface area contributed by atoms with E-state index in [1.165, 1.54) is 0 Å². The third-order valence-corrected chi connectivity index (χ3v) is 1.93. The maximum absolute atomic E-state index is 11.2. The molecule has 0 aromatic heterocycles. The molecule has 0 heterocycles. The average Bonchev–Trinajstić information content (AvgIpc) is 2.18. The Bertz CT molecular complexity index is 181. The number of hydrogen-bond acceptors (Lipinski definition) is 5. The van der Waals surface area contributed by atoms with Crippen LogP contribution in [0.2, 0.25) is 0 Å². The fourth-order valence-corrected chi connectivity index (χ4v) is 1.32. The third-order valence-electron chi connectivity index (χ3n) is 1.93. The molecule has 0 aliphatic rings. The molecule has 1 atom stereocenters. The van der Waals surface area contributed by atoms with Crippen LogP contribution in [-0.2, 0) is 19.0 Å². The molecule has 2 N–H and O–H groups in total. The maximum atomic E-state index is 11.2. The number of ether oxygens (including phenoxy) is 3. The first-order chi connectivity index (χ1) is 7.63. The molecule has 16 heavy (non-hydrogen) atoms. The van der Waals surface area contributed by atoms with Crippen LogP contribution in [0.4, 0.5) is 0 Å². The van der Waals surface area contributed by atoms with Gasteiger partial charge in [0, 0.05) is 25.7 Å². The van der Waals surface area contributed by atoms with Gasteiger partial charge in [-0.3, -0.25) is 4.79 Å². The number of hydrogen-bond donors (Lipinski definition) is 1. The topological polar surface area (TPSA) is 70.8 Å². The van der Waals surface area contributed by atoms with E-state index in [9.17, 15) is 4.79 Å². The van der Waals surface area contributed by atoms with E-state index >= 15 is 0 Å². The second-order valence-corrected chi connectivity index (χ2v) is 3.35. The molecule has 0 unspecified atom stereocenters. The van der Waals surface area contributed by atoms with Crippen molar-refractivity contribution in [3.8, 4) is 0 Å². The molecule has 5 nitrogen and oxygen atoms in total. The lowest BCUT2D eigenvalue weighted by Crippen LogP contribution is -2.32. The molecule has 0 saturated carbocycles. The Hall–Kier alpha value is -0.650. The molecule has 0 aliphatic heterocycles. The summed E-state index contributed by atoms with van der Waals surface area (Å²) >= 11 is 0. The molecule has 0 amide bonds. The van der Waals surface area contributed by atoms with Gasteiger partial charge in [-0.15, -0.1) is 0 Å². The van der Waals surface area contributed by atoms with Crippen molar-refractivity contribution in [1.82, 2.24) is 0 Å². The highest BCUT2D eigenvalue weighted by Crippen LogP contribution is 2.07. The van der Waals surface area contributed by atoms with Gasteiger partial charge in [0.25, 0.3) is 0 Å². The number of esters is 1. The molecule has 0 bridgehead atoms. The van der Waals surface area contributed by atoms with Crippen molar-refractivity contribution in [2.45, 2.75) is 45.9 Å². The van der Waals surface area contributed by atoms with Crippen LogP contribution in [0.25, 0.3) is 0 Å². The van der Waals surface area contributed by atoms with Crippen molar-refractivity contribution >= 4 is 5.97 Å². The summed E-state index contributed by atoms with van der Waals surface area (Å²) in [7, 11) is 0. The highest BCUT2D eigenvalue weighted by atomic mass is 16.7. The molecule has 0 aromatic carbocycles. The van der Waals surface area contributed by atoms with Crippen molar-refractivity contribution in [2.24, 2.45) is 5.73 Å². The minimum atomic E-state index is -0.334. The Morgan fingerprint density at radius 3 is 2.12 bits per heavy atom. The fraction of sp³-hybridized carbons (Fsp3) is 0.909. The molecule has 5 heteroatoms. The van der Waals surface area contributed by atoms with Gasteiger partial charge in [0.15, 0.2) is 6.29 Å². The normalized spacial score (nSPS) is 12.8. The molecule has 0 rings (SSSR count). The van der Waals surface area contributed by atoms with Crippen molar-refractivity contribution < 1.29 is 19.0 Å². The summed E-state index contributed by atoms with van der Waals surface area (Å²) in [5, 5.41) is 0. The summed E-state index contributed by atoms with van der Waals surface area (Å²) in [4.78, 5) is 11.2. The molecule has 0 fully saturated rings. The van der Waals surface area contributed by atoms with Crippen molar-refractivity contribution in [3.05, 3.63) is 0 Å². The zero-order valence-electron chi connectivity index (χ0n) is 10.4. The summed E-state index contributed by atoms with van der Waals surface area (Å²) in [6.07, 6.45) is 0.366. The van der Waals surface area contributed by atoms with E-state index in [0.717, 1.165) is 0 Å². The Morgan fingerprint density at radius 2 is 1.69 bits per heavy atom. The first-order valence-electron chi connectivity index (χ1n) is 5.78. The second-order valence-electron chi connectivity index (χ2n) is 3.35. The molecular formula is C11H23NO4. The van der Waals surface area contributed by atoms with Gasteiger partial charge in [0.05, 0.1) is 13.0 Å². The van der Waals surface area contributed by atoms with E-state index in [1.807, 2.05) is 13.8 Å². The SMILES string of the molecule is CCOC(=O)C[C@H](N)CC(OCC)OCC. The number of carbonyl (C=O) groups excluding carboxylic acids is 1. The maximum Gasteiger partial charge on any atom is 0.307 e. The number of rotatable bonds is 9. The predicted octanol–water partition coefficient (Wildman–Crippen LogP) is 1.06. The zero-order valence-corrected chi connectivity index (χ0v) is 10.4. The summed E-state index contributed by atoms with van der Waals surface area (Å²) in [5.41, 5.74) is 5.81. The second kappa shape index (κ2) is 9.57. The van der Waals surface area contributed by atoms with Crippen LogP contribution in [0, 0.1) is 0 Å². The van der Waals surface area contributed by atoms with E-state index in [0.29, 0.717) is 26.2 Å². The van der Waals surface area contributed by atoms with E-state index < -0.39 is 0 Å². The summed E-state index contributed by atoms with van der Waals surface area (Å²) in [6, 6.07) is -0.290. The number of nitrogens with two attached hydrogens (primary N) is 1. The predicted molar refractivity (Wildman–Crippen MR) is 60.9 cm³/mol. The van der Waals surface area contributed by atoms with E-state index in [-0.39, 0.29) is 24.7 Å². The molecule has 0 aliphatic carbocycles. The van der Waals surface area contributed by atoms with Crippen LogP contribution >= 0.6 is 0 Å². The molecule has 96 valence electrons. The van der Waals surface area contributed by atoms with Gasteiger partial charge in [-0.1, -0.05) is 0 Å². The Labute approximate surface area is 97.2 Å². The van der Waals surface area contributed by atoms with Crippen molar-refractivity contribution in [2.75, 3.05) is 19.8 Å². The van der Waals surface area contributed by atoms with Crippen LogP contribution in [0.15, 0.2) is 0 Å². The van der Waals surface area contributed by atoms with Crippen LogP contribution in [0.1, 0.15) is 33.6 Å². The Morgan fingerprint density at radius 1 is 1.12 bits per heavy atom. The average molecular weight is 233 g/mol. The fourth-order valence-electron chi connectivity index (χ4n) is 1.32. The summed E-state index contributed by atoms with van der Waals surface area (Å²) < 4.78 is 15.5. The van der Waals surface area contributed by atoms with Gasteiger partial charge >= 0.3 is 5.97 Å². The van der Waals surface area contributed by atoms with Crippen LogP contribution in [0.3, 0.4) is 0 Å². The Kier molecular flexibility index (Phi) is 9.18. The minimum absolute atomic E-state index is 0.199. The first-order valence-corrected chi connectivity index (χ1v) is 5.78. The highest BCUT2D eigenvalue weighted by Gasteiger charge is 2.17. The molecular weight excluding hydrogens is 210 g/mol. The van der Waals surface area contributed by atoms with Gasteiger partial charge in [0.1, 0.15) is 0 Å². The molecule has 0 radical (unpaired) electrons. The molecule has 0 saturated heterocycles. The van der Waals surface area contributed by atoms with Crippen molar-refractivity contribution in [1.29, 1.82) is 0 Å². The lowest BCUT2D eigenvalue weighted by Gasteiger charge is -2.20. The van der Waals surface area contributed by atoms with Gasteiger partial charge < -0.3 is 19.9 Å². The monoisotopic (exact) mass is 233 g/mol. The molecule has 0 aromatic rings. The van der Waals surface area contributed by atoms with Gasteiger partial charge in [-0.2, -0.15) is 0 Å². The summed E-state index contributed by atoms with van der Waals surface area (Å²) in [5.74, 6) is -0.276. The largest absolute Gasteiger partial charge is 0.466 e. The van der Waals surface area contributed by atoms with Crippen LogP contribution in [0.5, 0.6) is 0 Å². The number of carbonyl (C=O) groups is 1. The highest BCUT2D eigenvalue weighted by molar-refractivity contribution is 5.70. The standard InChI is InChI=1S/C11H23NO4/c1-4-14-10(13)7-9(12)8-11(15-5-2)16-6-3/h9,11H,4-8,12H2,1-3H3/t9-/m0/s1. The smallest absolute Gasteiger partial charge is 0.307 e. The van der Waals surface area contributed by atoms with Crippen LogP contribution < -0.4 is 5.73 Å². The Balaban J connectivity index is 3.88. The first kappa shape index (κ1) is 15.3. The minimum Gasteiger partial charge on any atom is -0.466 e. The van der Waals surface area contributed by atoms with Gasteiger partial charge in [-0.05, 0) is 20.8 Å². The lowest BCUT2D eigenvalue weighted by atomic mass is 10.1. The zero-order chi connectivity index (χ0) is 12.4. The molecule has 0 spiro atoms. The van der Waals surface area contributed by atoms with Gasteiger partial charge in [0.2, 0.25) is 0 Å². The lowest BCUT2D eigenvalue weighted by molar-refractivity contribution is -0.149. The van der Waals surface area contributed by atoms with E-state index in [2.05, 4.69) is 0 Å².